The Morgan fingerprint density at radius 1 is 1.19 bits per heavy atom. The SMILES string of the molecule is N#CC1(n2cc([C@@H](CCc3ccc(F)cc3)C3CCCCC3)nn2)CC1. The molecule has 0 bridgehead atoms. The summed E-state index contributed by atoms with van der Waals surface area (Å²) in [6, 6.07) is 9.20. The number of hydrogen-bond acceptors (Lipinski definition) is 3. The van der Waals surface area contributed by atoms with Gasteiger partial charge in [-0.3, -0.25) is 0 Å². The normalized spacial score (nSPS) is 20.5. The lowest BCUT2D eigenvalue weighted by Gasteiger charge is -2.29. The number of nitriles is 1. The maximum absolute atomic E-state index is 13.1. The van der Waals surface area contributed by atoms with Crippen molar-refractivity contribution in [1.29, 1.82) is 5.26 Å². The van der Waals surface area contributed by atoms with Crippen LogP contribution in [0.3, 0.4) is 0 Å². The third kappa shape index (κ3) is 3.51. The van der Waals surface area contributed by atoms with Crippen LogP contribution in [0.15, 0.2) is 30.5 Å². The van der Waals surface area contributed by atoms with Gasteiger partial charge >= 0.3 is 0 Å². The summed E-state index contributed by atoms with van der Waals surface area (Å²) in [4.78, 5) is 0. The molecule has 136 valence electrons. The van der Waals surface area contributed by atoms with E-state index in [0.29, 0.717) is 11.8 Å². The largest absolute Gasteiger partial charge is 0.232 e. The molecule has 1 heterocycles. The minimum Gasteiger partial charge on any atom is -0.232 e. The molecule has 0 N–H and O–H groups in total. The standard InChI is InChI=1S/C21H25FN4/c22-18-9-6-16(7-10-18)8-11-19(17-4-2-1-3-5-17)20-14-26(25-24-20)21(15-23)12-13-21/h6-7,9-10,14,17,19H,1-5,8,11-13H2/t19-/m0/s1. The first-order chi connectivity index (χ1) is 12.7. The minimum absolute atomic E-state index is 0.188. The maximum Gasteiger partial charge on any atom is 0.150 e. The van der Waals surface area contributed by atoms with Gasteiger partial charge < -0.3 is 0 Å². The predicted molar refractivity (Wildman–Crippen MR) is 96.9 cm³/mol. The van der Waals surface area contributed by atoms with E-state index in [1.807, 2.05) is 18.3 Å². The fraction of sp³-hybridized carbons (Fsp3) is 0.571. The number of rotatable bonds is 6. The van der Waals surface area contributed by atoms with Crippen molar-refractivity contribution in [2.24, 2.45) is 5.92 Å². The molecule has 0 amide bonds. The monoisotopic (exact) mass is 352 g/mol. The second-order valence-corrected chi connectivity index (χ2v) is 7.90. The summed E-state index contributed by atoms with van der Waals surface area (Å²) in [6.07, 6.45) is 12.0. The molecule has 5 heteroatoms. The Bertz CT molecular complexity index is 779. The lowest BCUT2D eigenvalue weighted by molar-refractivity contribution is 0.290. The minimum atomic E-state index is -0.445. The number of nitrogens with zero attached hydrogens (tertiary/aromatic N) is 4. The summed E-state index contributed by atoms with van der Waals surface area (Å²) in [5, 5.41) is 18.2. The summed E-state index contributed by atoms with van der Waals surface area (Å²) in [6.45, 7) is 0. The predicted octanol–water partition coefficient (Wildman–Crippen LogP) is 4.73. The Labute approximate surface area is 154 Å². The van der Waals surface area contributed by atoms with Crippen molar-refractivity contribution in [2.45, 2.75) is 69.2 Å². The van der Waals surface area contributed by atoms with Crippen molar-refractivity contribution in [3.8, 4) is 6.07 Å². The number of halogens is 1. The highest BCUT2D eigenvalue weighted by Crippen LogP contribution is 2.43. The molecule has 2 aliphatic carbocycles. The van der Waals surface area contributed by atoms with Crippen LogP contribution in [0.4, 0.5) is 4.39 Å². The molecular formula is C21H25FN4. The van der Waals surface area contributed by atoms with E-state index in [-0.39, 0.29) is 5.82 Å². The van der Waals surface area contributed by atoms with Gasteiger partial charge in [0.1, 0.15) is 5.82 Å². The van der Waals surface area contributed by atoms with Crippen molar-refractivity contribution in [2.75, 3.05) is 0 Å². The molecule has 0 aliphatic heterocycles. The van der Waals surface area contributed by atoms with E-state index in [4.69, 9.17) is 0 Å². The van der Waals surface area contributed by atoms with Crippen molar-refractivity contribution >= 4 is 0 Å². The highest BCUT2D eigenvalue weighted by Gasteiger charge is 2.47. The maximum atomic E-state index is 13.1. The Kier molecular flexibility index (Phi) is 4.76. The van der Waals surface area contributed by atoms with Crippen LogP contribution in [0, 0.1) is 23.1 Å². The van der Waals surface area contributed by atoms with E-state index in [9.17, 15) is 9.65 Å². The summed E-state index contributed by atoms with van der Waals surface area (Å²) in [5.74, 6) is 0.807. The molecule has 1 atom stereocenters. The average Bonchev–Trinajstić information content (AvgIpc) is 3.34. The summed E-state index contributed by atoms with van der Waals surface area (Å²) >= 11 is 0. The van der Waals surface area contributed by atoms with Gasteiger partial charge in [-0.2, -0.15) is 5.26 Å². The van der Waals surface area contributed by atoms with E-state index in [2.05, 4.69) is 16.4 Å². The second-order valence-electron chi connectivity index (χ2n) is 7.90. The van der Waals surface area contributed by atoms with Crippen molar-refractivity contribution < 1.29 is 4.39 Å². The third-order valence-corrected chi connectivity index (χ3v) is 6.14. The van der Waals surface area contributed by atoms with Crippen molar-refractivity contribution in [3.63, 3.8) is 0 Å². The van der Waals surface area contributed by atoms with Gasteiger partial charge in [-0.25, -0.2) is 9.07 Å². The molecule has 4 nitrogen and oxygen atoms in total. The first kappa shape index (κ1) is 17.2. The summed E-state index contributed by atoms with van der Waals surface area (Å²) in [5.41, 5.74) is 1.75. The smallest absolute Gasteiger partial charge is 0.150 e. The Hall–Kier alpha value is -2.22. The number of benzene rings is 1. The van der Waals surface area contributed by atoms with Crippen LogP contribution in [0.25, 0.3) is 0 Å². The lowest BCUT2D eigenvalue weighted by Crippen LogP contribution is -2.18. The highest BCUT2D eigenvalue weighted by molar-refractivity contribution is 5.19. The molecule has 0 unspecified atom stereocenters. The van der Waals surface area contributed by atoms with Gasteiger partial charge in [0.05, 0.1) is 18.0 Å². The first-order valence-electron chi connectivity index (χ1n) is 9.79. The number of aryl methyl sites for hydroxylation is 1. The van der Waals surface area contributed by atoms with Gasteiger partial charge in [-0.05, 0) is 62.1 Å². The molecule has 2 fully saturated rings. The van der Waals surface area contributed by atoms with Crippen LogP contribution in [-0.4, -0.2) is 15.0 Å². The van der Waals surface area contributed by atoms with Crippen molar-refractivity contribution in [1.82, 2.24) is 15.0 Å². The van der Waals surface area contributed by atoms with Crippen LogP contribution in [0.1, 0.15) is 68.5 Å². The molecule has 1 aromatic heterocycles. The van der Waals surface area contributed by atoms with Crippen LogP contribution in [0.5, 0.6) is 0 Å². The molecule has 2 aliphatic rings. The molecule has 0 radical (unpaired) electrons. The molecule has 1 aromatic carbocycles. The molecule has 0 saturated heterocycles. The quantitative estimate of drug-likeness (QED) is 0.755. The van der Waals surface area contributed by atoms with Gasteiger partial charge in [0, 0.05) is 5.92 Å². The average molecular weight is 352 g/mol. The molecule has 2 saturated carbocycles. The highest BCUT2D eigenvalue weighted by atomic mass is 19.1. The van der Waals surface area contributed by atoms with Gasteiger partial charge in [-0.15, -0.1) is 5.10 Å². The number of hydrogen-bond donors (Lipinski definition) is 0. The van der Waals surface area contributed by atoms with E-state index in [1.165, 1.54) is 44.2 Å². The van der Waals surface area contributed by atoms with Gasteiger partial charge in [0.2, 0.25) is 0 Å². The molecule has 2 aromatic rings. The fourth-order valence-electron chi connectivity index (χ4n) is 4.30. The van der Waals surface area contributed by atoms with E-state index in [0.717, 1.165) is 36.9 Å². The van der Waals surface area contributed by atoms with E-state index >= 15 is 0 Å². The van der Waals surface area contributed by atoms with Gasteiger partial charge in [-0.1, -0.05) is 36.6 Å². The third-order valence-electron chi connectivity index (χ3n) is 6.14. The molecular weight excluding hydrogens is 327 g/mol. The zero-order valence-corrected chi connectivity index (χ0v) is 15.1. The van der Waals surface area contributed by atoms with Crippen LogP contribution in [0.2, 0.25) is 0 Å². The zero-order valence-electron chi connectivity index (χ0n) is 15.1. The topological polar surface area (TPSA) is 54.5 Å². The zero-order chi connectivity index (χ0) is 18.0. The molecule has 0 spiro atoms. The van der Waals surface area contributed by atoms with Crippen LogP contribution < -0.4 is 0 Å². The lowest BCUT2D eigenvalue weighted by atomic mass is 9.76. The second kappa shape index (κ2) is 7.19. The Morgan fingerprint density at radius 2 is 1.92 bits per heavy atom. The first-order valence-corrected chi connectivity index (χ1v) is 9.79. The van der Waals surface area contributed by atoms with Crippen molar-refractivity contribution in [3.05, 3.63) is 47.5 Å². The van der Waals surface area contributed by atoms with Gasteiger partial charge in [0.15, 0.2) is 5.54 Å². The molecule has 26 heavy (non-hydrogen) atoms. The number of aromatic nitrogens is 3. The fourth-order valence-corrected chi connectivity index (χ4v) is 4.30. The van der Waals surface area contributed by atoms with Crippen LogP contribution in [-0.2, 0) is 12.0 Å². The van der Waals surface area contributed by atoms with E-state index in [1.54, 1.807) is 4.68 Å². The Balaban J connectivity index is 1.52. The molecule has 4 rings (SSSR count). The summed E-state index contributed by atoms with van der Waals surface area (Å²) < 4.78 is 14.9. The summed E-state index contributed by atoms with van der Waals surface area (Å²) in [7, 11) is 0. The van der Waals surface area contributed by atoms with E-state index < -0.39 is 5.54 Å². The van der Waals surface area contributed by atoms with Gasteiger partial charge in [0.25, 0.3) is 0 Å². The van der Waals surface area contributed by atoms with Crippen LogP contribution >= 0.6 is 0 Å². The Morgan fingerprint density at radius 3 is 2.58 bits per heavy atom.